The van der Waals surface area contributed by atoms with Crippen LogP contribution >= 0.6 is 7.82 Å². The van der Waals surface area contributed by atoms with Crippen molar-refractivity contribution < 1.29 is 37.6 Å². The number of hydrogen-bond acceptors (Lipinski definition) is 7. The summed E-state index contributed by atoms with van der Waals surface area (Å²) in [5.74, 6) is -0.801. The van der Waals surface area contributed by atoms with E-state index < -0.39 is 26.5 Å². The maximum Gasteiger partial charge on any atom is 0.472 e. The van der Waals surface area contributed by atoms with Crippen LogP contribution in [0.1, 0.15) is 232 Å². The molecule has 0 aromatic rings. The summed E-state index contributed by atoms with van der Waals surface area (Å²) in [7, 11) is -3.20. The third-order valence-electron chi connectivity index (χ3n) is 10.2. The fourth-order valence-corrected chi connectivity index (χ4v) is 7.09. The Kier molecular flexibility index (Phi) is 41.0. The first-order chi connectivity index (χ1) is 26.8. The molecule has 0 aliphatic carbocycles. The van der Waals surface area contributed by atoms with Crippen molar-refractivity contribution in [3.8, 4) is 0 Å². The number of phosphoric acid groups is 1. The summed E-state index contributed by atoms with van der Waals surface area (Å²) in [4.78, 5) is 34.5. The van der Waals surface area contributed by atoms with Crippen LogP contribution in [0.3, 0.4) is 0 Å². The highest BCUT2D eigenvalue weighted by Gasteiger charge is 2.24. The zero-order valence-corrected chi connectivity index (χ0v) is 37.0. The molecule has 0 saturated heterocycles. The predicted molar refractivity (Wildman–Crippen MR) is 230 cm³/mol. The van der Waals surface area contributed by atoms with E-state index in [1.54, 1.807) is 0 Å². The van der Waals surface area contributed by atoms with Gasteiger partial charge >= 0.3 is 19.8 Å². The Balaban J connectivity index is 3.95. The number of carbonyl (C=O) groups excluding carboxylic acids is 2. The minimum atomic E-state index is -4.26. The van der Waals surface area contributed by atoms with Gasteiger partial charge in [-0.05, 0) is 44.9 Å². The third kappa shape index (κ3) is 42.0. The molecule has 0 aliphatic heterocycles. The van der Waals surface area contributed by atoms with Gasteiger partial charge in [0.1, 0.15) is 6.61 Å². The highest BCUT2D eigenvalue weighted by Crippen LogP contribution is 2.42. The fourth-order valence-electron chi connectivity index (χ4n) is 6.63. The molecule has 0 rings (SSSR count). The lowest BCUT2D eigenvalue weighted by molar-refractivity contribution is -0.161. The standard InChI is InChI=1S/C46H87O8P/c1-4-6-8-10-12-14-16-18-20-22-24-26-28-30-32-34-36-38-40-45(47)52-42-44(43-53-55(49,50)51-3)54-46(48)41-39-37-35-33-31-29-27-25-23-21-19-17-15-13-11-9-7-5-2/h15,17,21,23,44H,4-14,16,18-20,22,24-43H2,1-3H3,(H,49,50)/b17-15-,23-21-. The molecule has 324 valence electrons. The molecule has 0 saturated carbocycles. The van der Waals surface area contributed by atoms with Crippen LogP contribution in [-0.4, -0.2) is 43.3 Å². The molecule has 0 aliphatic rings. The van der Waals surface area contributed by atoms with Gasteiger partial charge in [0.25, 0.3) is 0 Å². The van der Waals surface area contributed by atoms with Crippen LogP contribution in [0.2, 0.25) is 0 Å². The molecule has 1 N–H and O–H groups in total. The number of allylic oxidation sites excluding steroid dienone is 4. The van der Waals surface area contributed by atoms with Gasteiger partial charge in [-0.3, -0.25) is 18.6 Å². The number of esters is 2. The number of carbonyl (C=O) groups is 2. The molecule has 55 heavy (non-hydrogen) atoms. The molecule has 0 amide bonds. The molecule has 0 bridgehead atoms. The third-order valence-corrected chi connectivity index (χ3v) is 11.1. The molecule has 0 heterocycles. The molecule has 8 nitrogen and oxygen atoms in total. The highest BCUT2D eigenvalue weighted by molar-refractivity contribution is 7.47. The van der Waals surface area contributed by atoms with Gasteiger partial charge in [0.05, 0.1) is 6.61 Å². The summed E-state index contributed by atoms with van der Waals surface area (Å²) in [6.07, 6.45) is 48.0. The Labute approximate surface area is 339 Å². The van der Waals surface area contributed by atoms with Gasteiger partial charge in [0, 0.05) is 20.0 Å². The average Bonchev–Trinajstić information content (AvgIpc) is 3.18. The first-order valence-electron chi connectivity index (χ1n) is 23.0. The van der Waals surface area contributed by atoms with Crippen molar-refractivity contribution in [2.24, 2.45) is 0 Å². The quantitative estimate of drug-likeness (QED) is 0.0281. The second kappa shape index (κ2) is 42.1. The zero-order chi connectivity index (χ0) is 40.3. The molecule has 0 aromatic carbocycles. The first-order valence-corrected chi connectivity index (χ1v) is 24.5. The van der Waals surface area contributed by atoms with E-state index in [2.05, 4.69) is 42.7 Å². The van der Waals surface area contributed by atoms with E-state index in [9.17, 15) is 19.0 Å². The van der Waals surface area contributed by atoms with Crippen molar-refractivity contribution >= 4 is 19.8 Å². The smallest absolute Gasteiger partial charge is 0.462 e. The van der Waals surface area contributed by atoms with Crippen molar-refractivity contribution in [3.05, 3.63) is 24.3 Å². The van der Waals surface area contributed by atoms with Crippen LogP contribution in [0, 0.1) is 0 Å². The Morgan fingerprint density at radius 1 is 0.509 bits per heavy atom. The van der Waals surface area contributed by atoms with Crippen molar-refractivity contribution in [2.45, 2.75) is 238 Å². The van der Waals surface area contributed by atoms with Gasteiger partial charge in [-0.1, -0.05) is 199 Å². The van der Waals surface area contributed by atoms with Gasteiger partial charge in [0.15, 0.2) is 6.10 Å². The molecule has 2 unspecified atom stereocenters. The summed E-state index contributed by atoms with van der Waals surface area (Å²) in [5.41, 5.74) is 0. The van der Waals surface area contributed by atoms with Crippen LogP contribution < -0.4 is 0 Å². The van der Waals surface area contributed by atoms with Crippen LogP contribution in [0.4, 0.5) is 0 Å². The Hall–Kier alpha value is -1.47. The summed E-state index contributed by atoms with van der Waals surface area (Å²) >= 11 is 0. The SMILES string of the molecule is CCCCCC/C=C\C/C=C\CCCCCCCCCC(=O)OC(COC(=O)CCCCCCCCCCCCCCCCCCCC)COP(=O)(O)OC. The van der Waals surface area contributed by atoms with E-state index in [1.807, 2.05) is 0 Å². The van der Waals surface area contributed by atoms with Crippen molar-refractivity contribution in [2.75, 3.05) is 20.3 Å². The highest BCUT2D eigenvalue weighted by atomic mass is 31.2. The average molecular weight is 799 g/mol. The topological polar surface area (TPSA) is 108 Å². The monoisotopic (exact) mass is 799 g/mol. The lowest BCUT2D eigenvalue weighted by atomic mass is 10.0. The van der Waals surface area contributed by atoms with Gasteiger partial charge in [-0.15, -0.1) is 0 Å². The van der Waals surface area contributed by atoms with Crippen LogP contribution in [0.25, 0.3) is 0 Å². The minimum Gasteiger partial charge on any atom is -0.462 e. The summed E-state index contributed by atoms with van der Waals surface area (Å²) in [6.45, 7) is 3.90. The molecule has 2 atom stereocenters. The van der Waals surface area contributed by atoms with E-state index in [0.717, 1.165) is 58.5 Å². The second-order valence-corrected chi connectivity index (χ2v) is 17.1. The molecule has 0 spiro atoms. The number of hydrogen-bond donors (Lipinski definition) is 1. The number of unbranched alkanes of at least 4 members (excludes halogenated alkanes) is 28. The Morgan fingerprint density at radius 3 is 1.29 bits per heavy atom. The molecule has 0 aromatic heterocycles. The minimum absolute atomic E-state index is 0.224. The van der Waals surface area contributed by atoms with E-state index in [4.69, 9.17) is 14.0 Å². The van der Waals surface area contributed by atoms with Crippen LogP contribution in [0.15, 0.2) is 24.3 Å². The van der Waals surface area contributed by atoms with Crippen LogP contribution in [0.5, 0.6) is 0 Å². The maximum atomic E-state index is 12.5. The van der Waals surface area contributed by atoms with Gasteiger partial charge in [0.2, 0.25) is 0 Å². The Bertz CT molecular complexity index is 952. The molecular formula is C46H87O8P. The van der Waals surface area contributed by atoms with Gasteiger partial charge < -0.3 is 14.4 Å². The van der Waals surface area contributed by atoms with Crippen molar-refractivity contribution in [1.82, 2.24) is 0 Å². The fraction of sp³-hybridized carbons (Fsp3) is 0.870. The molecule has 0 fully saturated rings. The predicted octanol–water partition coefficient (Wildman–Crippen LogP) is 14.6. The zero-order valence-electron chi connectivity index (χ0n) is 36.1. The lowest BCUT2D eigenvalue weighted by Gasteiger charge is -2.19. The van der Waals surface area contributed by atoms with E-state index in [1.165, 1.54) is 148 Å². The van der Waals surface area contributed by atoms with Crippen molar-refractivity contribution in [1.29, 1.82) is 0 Å². The van der Waals surface area contributed by atoms with Crippen molar-refractivity contribution in [3.63, 3.8) is 0 Å². The van der Waals surface area contributed by atoms with E-state index >= 15 is 0 Å². The first kappa shape index (κ1) is 53.5. The summed E-state index contributed by atoms with van der Waals surface area (Å²) in [6, 6.07) is 0. The summed E-state index contributed by atoms with van der Waals surface area (Å²) < 4.78 is 32.1. The van der Waals surface area contributed by atoms with Gasteiger partial charge in [-0.25, -0.2) is 4.57 Å². The van der Waals surface area contributed by atoms with Gasteiger partial charge in [-0.2, -0.15) is 0 Å². The molecule has 9 heteroatoms. The lowest BCUT2D eigenvalue weighted by Crippen LogP contribution is -2.29. The van der Waals surface area contributed by atoms with E-state index in [0.29, 0.717) is 12.8 Å². The molecule has 0 radical (unpaired) electrons. The summed E-state index contributed by atoms with van der Waals surface area (Å²) in [5, 5.41) is 0. The Morgan fingerprint density at radius 2 is 0.873 bits per heavy atom. The largest absolute Gasteiger partial charge is 0.472 e. The van der Waals surface area contributed by atoms with Crippen LogP contribution in [-0.2, 0) is 32.7 Å². The number of ether oxygens (including phenoxy) is 2. The second-order valence-electron chi connectivity index (χ2n) is 15.5. The normalized spacial score (nSPS) is 13.5. The number of rotatable bonds is 43. The number of phosphoric ester groups is 1. The molecular weight excluding hydrogens is 711 g/mol. The van der Waals surface area contributed by atoms with E-state index in [-0.39, 0.29) is 19.0 Å². The maximum absolute atomic E-state index is 12.5.